The zero-order chi connectivity index (χ0) is 39.3. The molecule has 0 fully saturated rings. The van der Waals surface area contributed by atoms with Crippen LogP contribution in [0.2, 0.25) is 18.1 Å². The van der Waals surface area contributed by atoms with Gasteiger partial charge in [-0.1, -0.05) is 215 Å². The molecule has 0 radical (unpaired) electrons. The lowest BCUT2D eigenvalue weighted by Gasteiger charge is -2.40. The van der Waals surface area contributed by atoms with E-state index < -0.39 is 32.1 Å². The number of carbonyl (C=O) groups is 1. The molecule has 6 heteroatoms. The number of aliphatic hydroxyl groups excluding tert-OH is 1. The maximum absolute atomic E-state index is 13.8. The summed E-state index contributed by atoms with van der Waals surface area (Å²) in [5.74, 6) is -0.556. The van der Waals surface area contributed by atoms with E-state index in [-0.39, 0.29) is 17.6 Å². The maximum Gasteiger partial charge on any atom is 0.309 e. The monoisotopic (exact) mass is 759 g/mol. The molecule has 0 aromatic heterocycles. The third-order valence-corrected chi connectivity index (χ3v) is 16.0. The van der Waals surface area contributed by atoms with Gasteiger partial charge in [0.25, 0.3) is 0 Å². The Labute approximate surface area is 330 Å². The van der Waals surface area contributed by atoms with E-state index in [1.165, 1.54) is 83.5 Å². The standard InChI is InChI=1S/C48H74O5Si/c1-7-8-9-10-11-12-13-14-15-16-17-18-19-20-30-37-44(53-54(5,6)47(2,3)4)38-43(49)39-45(50)52-46(40-31-24-21-25-32-40)48(51,41-33-26-22-27-34-41)42-35-28-23-29-36-42/h21-29,31-36,43-44,46,49,51H,7-20,30,37-39H2,1-6H3/t43-,44+,46-/m0/s1. The third-order valence-electron chi connectivity index (χ3n) is 11.5. The zero-order valence-electron chi connectivity index (χ0n) is 34.7. The fourth-order valence-corrected chi connectivity index (χ4v) is 8.60. The average Bonchev–Trinajstić information content (AvgIpc) is 3.15. The van der Waals surface area contributed by atoms with Gasteiger partial charge in [-0.15, -0.1) is 0 Å². The third kappa shape index (κ3) is 15.4. The van der Waals surface area contributed by atoms with Crippen LogP contribution in [0.3, 0.4) is 0 Å². The van der Waals surface area contributed by atoms with Crippen LogP contribution in [0, 0.1) is 0 Å². The molecule has 3 aromatic rings. The molecule has 0 unspecified atom stereocenters. The van der Waals surface area contributed by atoms with E-state index >= 15 is 0 Å². The second-order valence-corrected chi connectivity index (χ2v) is 21.9. The van der Waals surface area contributed by atoms with Crippen LogP contribution in [0.5, 0.6) is 0 Å². The van der Waals surface area contributed by atoms with Gasteiger partial charge in [-0.2, -0.15) is 0 Å². The Morgan fingerprint density at radius 2 is 1.06 bits per heavy atom. The summed E-state index contributed by atoms with van der Waals surface area (Å²) in [5, 5.41) is 24.0. The van der Waals surface area contributed by atoms with E-state index in [4.69, 9.17) is 9.16 Å². The summed E-state index contributed by atoms with van der Waals surface area (Å²) in [6.07, 6.45) is 18.8. The SMILES string of the molecule is CCCCCCCCCCCCCCCCC[C@H](C[C@H](O)CC(=O)O[C@@H](c1ccccc1)C(O)(c1ccccc1)c1ccccc1)O[Si](C)(C)C(C)(C)C. The Kier molecular flexibility index (Phi) is 20.3. The molecule has 0 bridgehead atoms. The van der Waals surface area contributed by atoms with E-state index in [1.807, 2.05) is 91.0 Å². The molecule has 0 saturated carbocycles. The fourth-order valence-electron chi connectivity index (χ4n) is 7.20. The number of rotatable bonds is 27. The number of hydrogen-bond donors (Lipinski definition) is 2. The van der Waals surface area contributed by atoms with Gasteiger partial charge in [-0.3, -0.25) is 4.79 Å². The van der Waals surface area contributed by atoms with Gasteiger partial charge in [0.05, 0.1) is 12.5 Å². The Bertz CT molecular complexity index is 1370. The van der Waals surface area contributed by atoms with Crippen molar-refractivity contribution in [2.24, 2.45) is 0 Å². The number of hydrogen-bond acceptors (Lipinski definition) is 5. The van der Waals surface area contributed by atoms with Crippen LogP contribution in [-0.4, -0.2) is 36.7 Å². The first kappa shape index (κ1) is 45.6. The highest BCUT2D eigenvalue weighted by molar-refractivity contribution is 6.74. The van der Waals surface area contributed by atoms with Gasteiger partial charge in [-0.05, 0) is 47.7 Å². The topological polar surface area (TPSA) is 76.0 Å². The molecule has 54 heavy (non-hydrogen) atoms. The Hall–Kier alpha value is -2.77. The molecule has 0 aliphatic rings. The molecule has 0 aliphatic heterocycles. The van der Waals surface area contributed by atoms with Crippen molar-refractivity contribution in [3.05, 3.63) is 108 Å². The van der Waals surface area contributed by atoms with Gasteiger partial charge >= 0.3 is 5.97 Å². The van der Waals surface area contributed by atoms with E-state index in [1.54, 1.807) is 0 Å². The average molecular weight is 759 g/mol. The second kappa shape index (κ2) is 24.0. The van der Waals surface area contributed by atoms with Crippen LogP contribution >= 0.6 is 0 Å². The van der Waals surface area contributed by atoms with Crippen molar-refractivity contribution in [3.8, 4) is 0 Å². The summed E-state index contributed by atoms with van der Waals surface area (Å²) in [7, 11) is -2.11. The largest absolute Gasteiger partial charge is 0.454 e. The fraction of sp³-hybridized carbons (Fsp3) is 0.604. The quantitative estimate of drug-likeness (QED) is 0.0460. The lowest BCUT2D eigenvalue weighted by molar-refractivity contribution is -0.165. The van der Waals surface area contributed by atoms with Gasteiger partial charge in [0, 0.05) is 6.10 Å². The summed E-state index contributed by atoms with van der Waals surface area (Å²) in [6, 6.07) is 28.1. The summed E-state index contributed by atoms with van der Waals surface area (Å²) in [6.45, 7) is 13.5. The molecule has 5 nitrogen and oxygen atoms in total. The maximum atomic E-state index is 13.8. The number of ether oxygens (including phenoxy) is 1. The Morgan fingerprint density at radius 1 is 0.648 bits per heavy atom. The molecule has 3 rings (SSSR count). The predicted octanol–water partition coefficient (Wildman–Crippen LogP) is 13.0. The summed E-state index contributed by atoms with van der Waals surface area (Å²) < 4.78 is 13.1. The van der Waals surface area contributed by atoms with Crippen LogP contribution < -0.4 is 0 Å². The number of unbranched alkanes of at least 4 members (excludes halogenated alkanes) is 14. The molecule has 0 heterocycles. The van der Waals surface area contributed by atoms with Crippen LogP contribution in [-0.2, 0) is 19.6 Å². The van der Waals surface area contributed by atoms with Gasteiger partial charge in [-0.25, -0.2) is 0 Å². The first-order valence-electron chi connectivity index (χ1n) is 21.3. The van der Waals surface area contributed by atoms with E-state index in [2.05, 4.69) is 40.8 Å². The minimum absolute atomic E-state index is 0.0342. The van der Waals surface area contributed by atoms with Crippen LogP contribution in [0.15, 0.2) is 91.0 Å². The zero-order valence-corrected chi connectivity index (χ0v) is 35.7. The molecule has 3 aromatic carbocycles. The highest BCUT2D eigenvalue weighted by atomic mass is 28.4. The molecule has 0 aliphatic carbocycles. The van der Waals surface area contributed by atoms with Gasteiger partial charge in [0.15, 0.2) is 20.0 Å². The van der Waals surface area contributed by atoms with Gasteiger partial charge in [0.2, 0.25) is 0 Å². The minimum atomic E-state index is -2.11. The first-order chi connectivity index (χ1) is 25.9. The van der Waals surface area contributed by atoms with Crippen molar-refractivity contribution >= 4 is 14.3 Å². The van der Waals surface area contributed by atoms with Crippen molar-refractivity contribution in [1.29, 1.82) is 0 Å². The molecule has 0 saturated heterocycles. The van der Waals surface area contributed by atoms with Gasteiger partial charge in [0.1, 0.15) is 0 Å². The van der Waals surface area contributed by atoms with Crippen LogP contribution in [0.25, 0.3) is 0 Å². The summed E-state index contributed by atoms with van der Waals surface area (Å²) in [5.41, 5.74) is 0.240. The number of benzene rings is 3. The van der Waals surface area contributed by atoms with E-state index in [0.29, 0.717) is 23.1 Å². The smallest absolute Gasteiger partial charge is 0.309 e. The minimum Gasteiger partial charge on any atom is -0.454 e. The van der Waals surface area contributed by atoms with Crippen molar-refractivity contribution < 1.29 is 24.2 Å². The molecule has 300 valence electrons. The molecule has 0 spiro atoms. The summed E-state index contributed by atoms with van der Waals surface area (Å²) >= 11 is 0. The molecule has 3 atom stereocenters. The molecular weight excluding hydrogens is 685 g/mol. The lowest BCUT2D eigenvalue weighted by atomic mass is 9.79. The second-order valence-electron chi connectivity index (χ2n) is 17.1. The summed E-state index contributed by atoms with van der Waals surface area (Å²) in [4.78, 5) is 13.8. The molecule has 0 amide bonds. The highest BCUT2D eigenvalue weighted by Crippen LogP contribution is 2.44. The Morgan fingerprint density at radius 3 is 1.48 bits per heavy atom. The highest BCUT2D eigenvalue weighted by Gasteiger charge is 2.44. The molecular formula is C48H74O5Si. The van der Waals surface area contributed by atoms with E-state index in [0.717, 1.165) is 19.3 Å². The molecule has 2 N–H and O–H groups in total. The lowest BCUT2D eigenvalue weighted by Crippen LogP contribution is -2.44. The number of esters is 1. The van der Waals surface area contributed by atoms with Crippen molar-refractivity contribution in [1.82, 2.24) is 0 Å². The van der Waals surface area contributed by atoms with Crippen molar-refractivity contribution in [2.75, 3.05) is 0 Å². The van der Waals surface area contributed by atoms with Crippen molar-refractivity contribution in [2.45, 2.75) is 185 Å². The van der Waals surface area contributed by atoms with E-state index in [9.17, 15) is 15.0 Å². The predicted molar refractivity (Wildman–Crippen MR) is 228 cm³/mol. The van der Waals surface area contributed by atoms with Gasteiger partial charge < -0.3 is 19.4 Å². The number of aliphatic hydroxyl groups is 2. The van der Waals surface area contributed by atoms with Crippen LogP contribution in [0.4, 0.5) is 0 Å². The van der Waals surface area contributed by atoms with Crippen molar-refractivity contribution in [3.63, 3.8) is 0 Å². The van der Waals surface area contributed by atoms with Crippen LogP contribution in [0.1, 0.15) is 166 Å². The Balaban J connectivity index is 1.58. The normalized spacial score (nSPS) is 14.1. The first-order valence-corrected chi connectivity index (χ1v) is 24.2. The number of carbonyl (C=O) groups excluding carboxylic acids is 1.